The minimum atomic E-state index is -1.64. The molecule has 2 aliphatic carbocycles. The average Bonchev–Trinajstić information content (AvgIpc) is 4.09. The number of ether oxygens (including phenoxy) is 2. The van der Waals surface area contributed by atoms with E-state index in [1.165, 1.54) is 5.56 Å². The Hall–Kier alpha value is -2.78. The summed E-state index contributed by atoms with van der Waals surface area (Å²) in [5.41, 5.74) is 4.21. The van der Waals surface area contributed by atoms with Gasteiger partial charge in [0.15, 0.2) is 0 Å². The molecule has 3 unspecified atom stereocenters. The second-order valence-corrected chi connectivity index (χ2v) is 14.8. The van der Waals surface area contributed by atoms with Crippen molar-refractivity contribution in [2.24, 2.45) is 0 Å². The minimum Gasteiger partial charge on any atom is -0.490 e. The Labute approximate surface area is 309 Å². The van der Waals surface area contributed by atoms with Crippen LogP contribution >= 0.6 is 23.4 Å². The third-order valence-electron chi connectivity index (χ3n) is 9.26. The molecular formula is C38H50ClN3O8S. The molecule has 0 bridgehead atoms. The van der Waals surface area contributed by atoms with Gasteiger partial charge in [0.05, 0.1) is 45.1 Å². The Morgan fingerprint density at radius 1 is 1.02 bits per heavy atom. The number of para-hydroxylation sites is 1. The van der Waals surface area contributed by atoms with Crippen molar-refractivity contribution < 1.29 is 39.8 Å². The predicted octanol–water partition coefficient (Wildman–Crippen LogP) is 3.90. The molecule has 0 aliphatic heterocycles. The van der Waals surface area contributed by atoms with Gasteiger partial charge < -0.3 is 45.2 Å². The fourth-order valence-electron chi connectivity index (χ4n) is 5.97. The highest BCUT2D eigenvalue weighted by Gasteiger charge is 2.46. The van der Waals surface area contributed by atoms with Gasteiger partial charge in [-0.25, -0.2) is 0 Å². The van der Waals surface area contributed by atoms with E-state index in [0.29, 0.717) is 30.6 Å². The monoisotopic (exact) mass is 743 g/mol. The van der Waals surface area contributed by atoms with Crippen molar-refractivity contribution in [1.82, 2.24) is 15.2 Å². The van der Waals surface area contributed by atoms with Gasteiger partial charge in [-0.1, -0.05) is 29.8 Å². The zero-order valence-electron chi connectivity index (χ0n) is 28.8. The fraction of sp³-hybridized carbons (Fsp3) is 0.526. The smallest absolute Gasteiger partial charge is 0.225 e. The molecule has 2 aromatic carbocycles. The lowest BCUT2D eigenvalue weighted by Crippen LogP contribution is -2.44. The van der Waals surface area contributed by atoms with E-state index in [4.69, 9.17) is 31.3 Å². The summed E-state index contributed by atoms with van der Waals surface area (Å²) in [6.45, 7) is 0.783. The number of aliphatic hydroxyl groups is 5. The molecule has 278 valence electrons. The van der Waals surface area contributed by atoms with Gasteiger partial charge in [-0.3, -0.25) is 9.78 Å². The highest BCUT2D eigenvalue weighted by Crippen LogP contribution is 2.50. The number of hydrogen-bond acceptors (Lipinski definition) is 11. The van der Waals surface area contributed by atoms with E-state index in [9.17, 15) is 20.1 Å². The largest absolute Gasteiger partial charge is 0.490 e. The predicted molar refractivity (Wildman–Crippen MR) is 197 cm³/mol. The van der Waals surface area contributed by atoms with Gasteiger partial charge >= 0.3 is 0 Å². The van der Waals surface area contributed by atoms with Crippen LogP contribution in [0.1, 0.15) is 56.1 Å². The summed E-state index contributed by atoms with van der Waals surface area (Å²) in [5, 5.41) is 52.4. The Morgan fingerprint density at radius 3 is 2.57 bits per heavy atom. The second kappa shape index (κ2) is 19.3. The van der Waals surface area contributed by atoms with Crippen molar-refractivity contribution in [3.8, 4) is 16.9 Å². The van der Waals surface area contributed by atoms with Gasteiger partial charge in [-0.05, 0) is 91.3 Å². The number of pyridine rings is 1. The van der Waals surface area contributed by atoms with Crippen LogP contribution in [0.5, 0.6) is 5.75 Å². The van der Waals surface area contributed by atoms with E-state index >= 15 is 0 Å². The summed E-state index contributed by atoms with van der Waals surface area (Å²) in [5.74, 6) is 1.33. The first kappa shape index (κ1) is 39.4. The van der Waals surface area contributed by atoms with Crippen molar-refractivity contribution in [3.63, 3.8) is 0 Å². The zero-order valence-corrected chi connectivity index (χ0v) is 30.4. The molecule has 0 spiro atoms. The number of thioether (sulfide) groups is 1. The van der Waals surface area contributed by atoms with Gasteiger partial charge in [0, 0.05) is 53.0 Å². The highest BCUT2D eigenvalue weighted by atomic mass is 35.5. The molecule has 3 atom stereocenters. The summed E-state index contributed by atoms with van der Waals surface area (Å²) in [6.07, 6.45) is 4.73. The number of nitrogens with one attached hydrogen (secondary N) is 1. The number of carbonyl (C=O) groups excluding carboxylic acids is 1. The number of aliphatic hydroxyl groups excluding tert-OH is 5. The van der Waals surface area contributed by atoms with Crippen LogP contribution < -0.4 is 10.1 Å². The second-order valence-electron chi connectivity index (χ2n) is 13.2. The van der Waals surface area contributed by atoms with Gasteiger partial charge in [0.1, 0.15) is 18.0 Å². The Bertz CT molecular complexity index is 1560. The zero-order chi connectivity index (χ0) is 36.2. The first-order valence-corrected chi connectivity index (χ1v) is 19.1. The summed E-state index contributed by atoms with van der Waals surface area (Å²) in [4.78, 5) is 20.1. The molecule has 51 heavy (non-hydrogen) atoms. The standard InChI is InChI=1S/C38H50ClN3O8S/c39-32-10-9-28(51-20-4-3-15-42(16-18-49-19-17-43)36(47)22-33(45)37(48)34(46)25-44)21-26(32)23-41-38(12-13-38)31-24-40-14-11-29(31)30-5-1-2-6-35(30)50-27-7-8-27/h1-2,5-6,9-11,14,21,24,27,33-34,37,41,43-46,48H,3-4,7-8,12-13,15-20,22-23,25H2. The van der Waals surface area contributed by atoms with Crippen LogP contribution in [-0.2, 0) is 21.6 Å². The molecule has 2 fully saturated rings. The maximum atomic E-state index is 12.9. The number of aromatic nitrogens is 1. The molecule has 1 amide bonds. The lowest BCUT2D eigenvalue weighted by molar-refractivity contribution is -0.138. The first-order valence-electron chi connectivity index (χ1n) is 17.7. The number of amides is 1. The molecule has 1 aromatic heterocycles. The van der Waals surface area contributed by atoms with E-state index in [1.807, 2.05) is 42.7 Å². The number of unbranched alkanes of at least 4 members (excludes halogenated alkanes) is 1. The average molecular weight is 744 g/mol. The fourth-order valence-corrected chi connectivity index (χ4v) is 7.12. The van der Waals surface area contributed by atoms with Crippen molar-refractivity contribution in [2.45, 2.75) is 86.3 Å². The summed E-state index contributed by atoms with van der Waals surface area (Å²) < 4.78 is 11.6. The molecule has 1 heterocycles. The van der Waals surface area contributed by atoms with Crippen LogP contribution in [0.4, 0.5) is 0 Å². The van der Waals surface area contributed by atoms with Gasteiger partial charge in [-0.15, -0.1) is 11.8 Å². The van der Waals surface area contributed by atoms with Crippen LogP contribution in [-0.4, -0.2) is 111 Å². The van der Waals surface area contributed by atoms with Gasteiger partial charge in [0.2, 0.25) is 5.91 Å². The van der Waals surface area contributed by atoms with Crippen molar-refractivity contribution in [1.29, 1.82) is 0 Å². The maximum Gasteiger partial charge on any atom is 0.225 e. The normalized spacial score (nSPS) is 16.7. The number of carbonyl (C=O) groups is 1. The molecule has 11 nitrogen and oxygen atoms in total. The third kappa shape index (κ3) is 11.4. The van der Waals surface area contributed by atoms with Gasteiger partial charge in [-0.2, -0.15) is 0 Å². The van der Waals surface area contributed by atoms with Crippen molar-refractivity contribution in [2.75, 3.05) is 45.3 Å². The lowest BCUT2D eigenvalue weighted by Gasteiger charge is -2.26. The summed E-state index contributed by atoms with van der Waals surface area (Å²) >= 11 is 8.40. The summed E-state index contributed by atoms with van der Waals surface area (Å²) in [6, 6.07) is 16.4. The van der Waals surface area contributed by atoms with E-state index in [-0.39, 0.29) is 31.9 Å². The molecular weight excluding hydrogens is 694 g/mol. The van der Waals surface area contributed by atoms with E-state index in [1.54, 1.807) is 16.7 Å². The van der Waals surface area contributed by atoms with Crippen LogP contribution in [0, 0.1) is 0 Å². The van der Waals surface area contributed by atoms with Crippen molar-refractivity contribution in [3.05, 3.63) is 77.1 Å². The number of nitrogens with zero attached hydrogens (tertiary/aromatic N) is 2. The Morgan fingerprint density at radius 2 is 1.82 bits per heavy atom. The van der Waals surface area contributed by atoms with Gasteiger partial charge in [0.25, 0.3) is 0 Å². The van der Waals surface area contributed by atoms with Crippen molar-refractivity contribution >= 4 is 29.3 Å². The van der Waals surface area contributed by atoms with Crippen LogP contribution in [0.15, 0.2) is 65.8 Å². The quantitative estimate of drug-likeness (QED) is 0.0617. The number of benzene rings is 2. The Balaban J connectivity index is 1.14. The molecule has 5 rings (SSSR count). The third-order valence-corrected chi connectivity index (χ3v) is 10.7. The molecule has 0 saturated heterocycles. The molecule has 13 heteroatoms. The van der Waals surface area contributed by atoms with Crippen LogP contribution in [0.3, 0.4) is 0 Å². The number of rotatable bonds is 23. The molecule has 2 saturated carbocycles. The topological polar surface area (TPSA) is 165 Å². The number of halogens is 1. The number of hydrogen-bond donors (Lipinski definition) is 6. The van der Waals surface area contributed by atoms with E-state index < -0.39 is 37.2 Å². The maximum absolute atomic E-state index is 12.9. The summed E-state index contributed by atoms with van der Waals surface area (Å²) in [7, 11) is 0. The molecule has 0 radical (unpaired) electrons. The molecule has 2 aliphatic rings. The SMILES string of the molecule is O=C(CC(O)C(O)C(O)CO)N(CCCCSc1ccc(Cl)c(CNC2(c3cnccc3-c3ccccc3OC3CC3)CC2)c1)CCOCCO. The van der Waals surface area contributed by atoms with E-state index in [0.717, 1.165) is 65.2 Å². The molecule has 3 aromatic rings. The van der Waals surface area contributed by atoms with E-state index in [2.05, 4.69) is 28.5 Å². The lowest BCUT2D eigenvalue weighted by atomic mass is 9.94. The minimum absolute atomic E-state index is 0.130. The van der Waals surface area contributed by atoms with Crippen LogP contribution in [0.2, 0.25) is 5.02 Å². The first-order chi connectivity index (χ1) is 24.7. The van der Waals surface area contributed by atoms with Crippen LogP contribution in [0.25, 0.3) is 11.1 Å². The highest BCUT2D eigenvalue weighted by molar-refractivity contribution is 7.99. The Kier molecular flexibility index (Phi) is 15.0. The molecule has 6 N–H and O–H groups in total.